The lowest BCUT2D eigenvalue weighted by Crippen LogP contribution is -2.44. The first-order valence-corrected chi connectivity index (χ1v) is 9.45. The second-order valence-corrected chi connectivity index (χ2v) is 7.64. The molecule has 1 saturated heterocycles. The molecule has 0 radical (unpaired) electrons. The summed E-state index contributed by atoms with van der Waals surface area (Å²) in [5.74, 6) is 1.01. The van der Waals surface area contributed by atoms with Crippen LogP contribution in [0.1, 0.15) is 47.4 Å². The molecule has 1 aromatic heterocycles. The van der Waals surface area contributed by atoms with Gasteiger partial charge in [-0.15, -0.1) is 0 Å². The number of hydrogen-bond donors (Lipinski definition) is 1. The Hall–Kier alpha value is -2.47. The molecule has 1 atom stereocenters. The first-order chi connectivity index (χ1) is 12.8. The number of hydrogen-bond acceptors (Lipinski definition) is 4. The maximum absolute atomic E-state index is 13.2. The van der Waals surface area contributed by atoms with Crippen LogP contribution in [0.5, 0.6) is 0 Å². The number of carbonyl (C=O) groups excluding carboxylic acids is 1. The van der Waals surface area contributed by atoms with Gasteiger partial charge in [-0.3, -0.25) is 14.5 Å². The number of aryl methyl sites for hydroxylation is 2. The van der Waals surface area contributed by atoms with Gasteiger partial charge < -0.3 is 9.88 Å². The van der Waals surface area contributed by atoms with E-state index in [0.717, 1.165) is 29.7 Å². The molecule has 0 saturated carbocycles. The number of likely N-dealkylation sites (tertiary alicyclic amines) is 1. The van der Waals surface area contributed by atoms with Gasteiger partial charge in [-0.1, -0.05) is 29.8 Å². The number of aromatic nitrogens is 2. The van der Waals surface area contributed by atoms with Crippen molar-refractivity contribution >= 4 is 5.91 Å². The number of carbonyl (C=O) groups is 1. The minimum Gasteiger partial charge on any atom is -0.341 e. The van der Waals surface area contributed by atoms with Gasteiger partial charge in [0.1, 0.15) is 11.9 Å². The summed E-state index contributed by atoms with van der Waals surface area (Å²) in [6.07, 6.45) is 1.66. The standard InChI is InChI=1S/C21H28N4O2/c1-14-6-5-7-17(12-14)20(24(3)4)21(27)25-10-8-16(9-11-25)18-13-19(26)23-15(2)22-18/h5-7,12-13,16,20H,8-11H2,1-4H3,(H,22,23,26)/t20-/m1/s1. The lowest BCUT2D eigenvalue weighted by Gasteiger charge is -2.36. The molecule has 2 aromatic rings. The van der Waals surface area contributed by atoms with Crippen LogP contribution in [0.4, 0.5) is 0 Å². The van der Waals surface area contributed by atoms with Gasteiger partial charge in [0.2, 0.25) is 5.91 Å². The Balaban J connectivity index is 1.72. The normalized spacial score (nSPS) is 16.6. The maximum Gasteiger partial charge on any atom is 0.251 e. The third-order valence-electron chi connectivity index (χ3n) is 5.21. The van der Waals surface area contributed by atoms with Gasteiger partial charge in [-0.05, 0) is 46.3 Å². The highest BCUT2D eigenvalue weighted by atomic mass is 16.2. The summed E-state index contributed by atoms with van der Waals surface area (Å²) >= 11 is 0. The smallest absolute Gasteiger partial charge is 0.251 e. The molecule has 1 aliphatic heterocycles. The molecule has 144 valence electrons. The highest BCUT2D eigenvalue weighted by molar-refractivity contribution is 5.83. The van der Waals surface area contributed by atoms with Crippen LogP contribution in [0.25, 0.3) is 0 Å². The quantitative estimate of drug-likeness (QED) is 0.900. The van der Waals surface area contributed by atoms with E-state index in [9.17, 15) is 9.59 Å². The van der Waals surface area contributed by atoms with Crippen molar-refractivity contribution in [3.05, 3.63) is 63.3 Å². The number of nitrogens with zero attached hydrogens (tertiary/aromatic N) is 3. The van der Waals surface area contributed by atoms with Gasteiger partial charge in [0.05, 0.1) is 5.69 Å². The van der Waals surface area contributed by atoms with E-state index in [-0.39, 0.29) is 23.4 Å². The fourth-order valence-corrected chi connectivity index (χ4v) is 3.88. The van der Waals surface area contributed by atoms with Gasteiger partial charge in [0, 0.05) is 25.1 Å². The van der Waals surface area contributed by atoms with Crippen molar-refractivity contribution in [1.82, 2.24) is 19.8 Å². The van der Waals surface area contributed by atoms with Crippen molar-refractivity contribution in [3.63, 3.8) is 0 Å². The molecule has 3 rings (SSSR count). The lowest BCUT2D eigenvalue weighted by atomic mass is 9.92. The zero-order valence-corrected chi connectivity index (χ0v) is 16.5. The molecule has 0 unspecified atom stereocenters. The molecule has 0 aliphatic carbocycles. The molecule has 1 fully saturated rings. The Morgan fingerprint density at radius 1 is 1.22 bits per heavy atom. The topological polar surface area (TPSA) is 69.3 Å². The lowest BCUT2D eigenvalue weighted by molar-refractivity contribution is -0.137. The molecule has 6 nitrogen and oxygen atoms in total. The summed E-state index contributed by atoms with van der Waals surface area (Å²) in [5.41, 5.74) is 2.91. The zero-order valence-electron chi connectivity index (χ0n) is 16.5. The third-order valence-corrected chi connectivity index (χ3v) is 5.21. The fourth-order valence-electron chi connectivity index (χ4n) is 3.88. The fraction of sp³-hybridized carbons (Fsp3) is 0.476. The summed E-state index contributed by atoms with van der Waals surface area (Å²) in [5, 5.41) is 0. The largest absolute Gasteiger partial charge is 0.341 e. The Kier molecular flexibility index (Phi) is 5.75. The average Bonchev–Trinajstić information content (AvgIpc) is 2.61. The number of nitrogens with one attached hydrogen (secondary N) is 1. The molecule has 1 aromatic carbocycles. The molecular weight excluding hydrogens is 340 g/mol. The number of piperidine rings is 1. The van der Waals surface area contributed by atoms with E-state index in [1.54, 1.807) is 13.0 Å². The highest BCUT2D eigenvalue weighted by Gasteiger charge is 2.31. The predicted molar refractivity (Wildman–Crippen MR) is 106 cm³/mol. The Bertz CT molecular complexity index is 866. The number of amides is 1. The van der Waals surface area contributed by atoms with Crippen LogP contribution in [0.2, 0.25) is 0 Å². The number of rotatable bonds is 4. The minimum atomic E-state index is -0.276. The first-order valence-electron chi connectivity index (χ1n) is 9.45. The zero-order chi connectivity index (χ0) is 19.6. The van der Waals surface area contributed by atoms with Gasteiger partial charge >= 0.3 is 0 Å². The molecule has 1 aliphatic rings. The molecule has 2 heterocycles. The van der Waals surface area contributed by atoms with E-state index in [4.69, 9.17) is 0 Å². The predicted octanol–water partition coefficient (Wildman–Crippen LogP) is 2.40. The van der Waals surface area contributed by atoms with Gasteiger partial charge in [-0.2, -0.15) is 0 Å². The molecule has 27 heavy (non-hydrogen) atoms. The van der Waals surface area contributed by atoms with E-state index in [1.165, 1.54) is 0 Å². The Labute approximate surface area is 160 Å². The molecule has 1 amide bonds. The van der Waals surface area contributed by atoms with Gasteiger partial charge in [0.15, 0.2) is 0 Å². The number of H-pyrrole nitrogens is 1. The molecule has 0 bridgehead atoms. The van der Waals surface area contributed by atoms with Crippen molar-refractivity contribution < 1.29 is 4.79 Å². The van der Waals surface area contributed by atoms with E-state index >= 15 is 0 Å². The van der Waals surface area contributed by atoms with Crippen LogP contribution in [0, 0.1) is 13.8 Å². The van der Waals surface area contributed by atoms with Crippen molar-refractivity contribution in [3.8, 4) is 0 Å². The Morgan fingerprint density at radius 2 is 1.93 bits per heavy atom. The molecule has 0 spiro atoms. The van der Waals surface area contributed by atoms with Crippen molar-refractivity contribution in [2.24, 2.45) is 0 Å². The van der Waals surface area contributed by atoms with Crippen LogP contribution >= 0.6 is 0 Å². The van der Waals surface area contributed by atoms with Crippen LogP contribution in [-0.4, -0.2) is 52.9 Å². The van der Waals surface area contributed by atoms with E-state index in [2.05, 4.69) is 16.0 Å². The van der Waals surface area contributed by atoms with Crippen LogP contribution in [0.15, 0.2) is 35.1 Å². The molecular formula is C21H28N4O2. The van der Waals surface area contributed by atoms with E-state index in [1.807, 2.05) is 49.0 Å². The monoisotopic (exact) mass is 368 g/mol. The van der Waals surface area contributed by atoms with Crippen molar-refractivity contribution in [1.29, 1.82) is 0 Å². The summed E-state index contributed by atoms with van der Waals surface area (Å²) < 4.78 is 0. The average molecular weight is 368 g/mol. The maximum atomic E-state index is 13.2. The van der Waals surface area contributed by atoms with Crippen LogP contribution < -0.4 is 5.56 Å². The van der Waals surface area contributed by atoms with Gasteiger partial charge in [0.25, 0.3) is 5.56 Å². The summed E-state index contributed by atoms with van der Waals surface area (Å²) in [6.45, 7) is 5.22. The second kappa shape index (κ2) is 8.05. The van der Waals surface area contributed by atoms with Crippen molar-refractivity contribution in [2.45, 2.75) is 38.6 Å². The number of aromatic amines is 1. The number of benzene rings is 1. The summed E-state index contributed by atoms with van der Waals surface area (Å²) in [4.78, 5) is 36.0. The summed E-state index contributed by atoms with van der Waals surface area (Å²) in [7, 11) is 3.89. The minimum absolute atomic E-state index is 0.108. The molecule has 1 N–H and O–H groups in total. The SMILES string of the molecule is Cc1cccc([C@H](C(=O)N2CCC(c3cc(=O)[nH]c(C)n3)CC2)N(C)C)c1. The first kappa shape index (κ1) is 19.3. The summed E-state index contributed by atoms with van der Waals surface area (Å²) in [6, 6.07) is 9.46. The van der Waals surface area contributed by atoms with Crippen LogP contribution in [0.3, 0.4) is 0 Å². The molecule has 6 heteroatoms. The number of likely N-dealkylation sites (N-methyl/N-ethyl adjacent to an activating group) is 1. The van der Waals surface area contributed by atoms with Gasteiger partial charge in [-0.25, -0.2) is 4.98 Å². The highest BCUT2D eigenvalue weighted by Crippen LogP contribution is 2.29. The second-order valence-electron chi connectivity index (χ2n) is 7.64. The van der Waals surface area contributed by atoms with E-state index in [0.29, 0.717) is 18.9 Å². The van der Waals surface area contributed by atoms with E-state index < -0.39 is 0 Å². The van der Waals surface area contributed by atoms with Crippen molar-refractivity contribution in [2.75, 3.05) is 27.2 Å². The van der Waals surface area contributed by atoms with Crippen LogP contribution in [-0.2, 0) is 4.79 Å². The Morgan fingerprint density at radius 3 is 2.52 bits per heavy atom. The third kappa shape index (κ3) is 4.45.